The minimum absolute atomic E-state index is 0.703. The molecule has 0 saturated heterocycles. The molecule has 6 heteroatoms. The fraction of sp³-hybridized carbons (Fsp3) is 0. The Morgan fingerprint density at radius 1 is 1.42 bits per heavy atom. The number of thiophene rings is 1. The van der Waals surface area contributed by atoms with Crippen LogP contribution >= 0.6 is 51.4 Å². The first-order valence-corrected chi connectivity index (χ1v) is 5.87. The standard InChI is InChI=1S/C6H3BrN2S3/c7-4-2-1-3(11-4)5-8-6(10)12-9-5/h1-2H,(H,8,9,10). The van der Waals surface area contributed by atoms with Crippen LogP contribution in [0.5, 0.6) is 0 Å². The van der Waals surface area contributed by atoms with Crippen molar-refractivity contribution in [3.8, 4) is 10.7 Å². The molecule has 0 amide bonds. The van der Waals surface area contributed by atoms with Gasteiger partial charge in [0.05, 0.1) is 8.66 Å². The van der Waals surface area contributed by atoms with E-state index >= 15 is 0 Å². The number of hydrogen-bond donors (Lipinski definition) is 1. The van der Waals surface area contributed by atoms with Gasteiger partial charge in [-0.05, 0) is 39.6 Å². The summed E-state index contributed by atoms with van der Waals surface area (Å²) in [7, 11) is 0. The fourth-order valence-corrected chi connectivity index (χ4v) is 2.78. The second-order valence-corrected chi connectivity index (χ2v) is 5.95. The third-order valence-corrected chi connectivity index (χ3v) is 3.69. The van der Waals surface area contributed by atoms with Crippen molar-refractivity contribution >= 4 is 51.4 Å². The van der Waals surface area contributed by atoms with E-state index in [1.54, 1.807) is 11.3 Å². The lowest BCUT2D eigenvalue weighted by Gasteiger charge is -1.83. The highest BCUT2D eigenvalue weighted by Crippen LogP contribution is 2.30. The summed E-state index contributed by atoms with van der Waals surface area (Å²) < 4.78 is 5.94. The molecule has 0 spiro atoms. The second-order valence-electron chi connectivity index (χ2n) is 2.00. The molecule has 2 aromatic rings. The lowest BCUT2D eigenvalue weighted by atomic mass is 10.4. The molecule has 0 saturated carbocycles. The maximum Gasteiger partial charge on any atom is 0.184 e. The Kier molecular flexibility index (Phi) is 2.49. The Bertz CT molecular complexity index is 357. The van der Waals surface area contributed by atoms with Crippen LogP contribution in [0.3, 0.4) is 0 Å². The van der Waals surface area contributed by atoms with Crippen LogP contribution in [0.4, 0.5) is 0 Å². The molecule has 2 nitrogen and oxygen atoms in total. The molecule has 0 aliphatic carbocycles. The van der Waals surface area contributed by atoms with Gasteiger partial charge in [-0.25, -0.2) is 4.98 Å². The highest BCUT2D eigenvalue weighted by atomic mass is 79.9. The van der Waals surface area contributed by atoms with Crippen molar-refractivity contribution in [2.24, 2.45) is 0 Å². The number of hydrogen-bond acceptors (Lipinski definition) is 5. The van der Waals surface area contributed by atoms with E-state index in [4.69, 9.17) is 0 Å². The summed E-state index contributed by atoms with van der Waals surface area (Å²) in [5.41, 5.74) is 0. The maximum atomic E-state index is 4.16. The minimum atomic E-state index is 0.703. The summed E-state index contributed by atoms with van der Waals surface area (Å²) in [6.45, 7) is 0. The third-order valence-electron chi connectivity index (χ3n) is 1.21. The van der Waals surface area contributed by atoms with Crippen molar-refractivity contribution in [1.82, 2.24) is 9.36 Å². The summed E-state index contributed by atoms with van der Waals surface area (Å²) in [6.07, 6.45) is 0. The lowest BCUT2D eigenvalue weighted by Crippen LogP contribution is -1.72. The van der Waals surface area contributed by atoms with Gasteiger partial charge in [-0.15, -0.1) is 24.0 Å². The molecule has 2 aromatic heterocycles. The van der Waals surface area contributed by atoms with Crippen molar-refractivity contribution in [2.75, 3.05) is 0 Å². The molecule has 12 heavy (non-hydrogen) atoms. The predicted octanol–water partition coefficient (Wildman–Crippen LogP) is 3.32. The fourth-order valence-electron chi connectivity index (χ4n) is 0.750. The smallest absolute Gasteiger partial charge is 0.184 e. The van der Waals surface area contributed by atoms with Gasteiger partial charge in [0, 0.05) is 0 Å². The second kappa shape index (κ2) is 3.45. The molecule has 0 aliphatic heterocycles. The van der Waals surface area contributed by atoms with Gasteiger partial charge in [0.1, 0.15) is 0 Å². The summed E-state index contributed by atoms with van der Waals surface area (Å²) >= 11 is 10.4. The molecule has 0 N–H and O–H groups in total. The van der Waals surface area contributed by atoms with E-state index in [0.717, 1.165) is 14.5 Å². The average molecular weight is 279 g/mol. The summed E-state index contributed by atoms with van der Waals surface area (Å²) in [5.74, 6) is 0.765. The first-order valence-electron chi connectivity index (χ1n) is 3.04. The van der Waals surface area contributed by atoms with Gasteiger partial charge in [0.2, 0.25) is 0 Å². The van der Waals surface area contributed by atoms with Gasteiger partial charge < -0.3 is 0 Å². The molecule has 2 heterocycles. The molecule has 62 valence electrons. The zero-order chi connectivity index (χ0) is 8.55. The predicted molar refractivity (Wildman–Crippen MR) is 58.2 cm³/mol. The minimum Gasteiger partial charge on any atom is -0.208 e. The SMILES string of the molecule is Sc1nc(-c2ccc(Br)s2)ns1. The Labute approximate surface area is 91.4 Å². The van der Waals surface area contributed by atoms with Crippen molar-refractivity contribution in [3.05, 3.63) is 15.9 Å². The first kappa shape index (κ1) is 8.68. The molecule has 0 unspecified atom stereocenters. The zero-order valence-electron chi connectivity index (χ0n) is 5.69. The number of thiol groups is 1. The van der Waals surface area contributed by atoms with Crippen molar-refractivity contribution in [1.29, 1.82) is 0 Å². The van der Waals surface area contributed by atoms with Gasteiger partial charge in [-0.3, -0.25) is 0 Å². The summed E-state index contributed by atoms with van der Waals surface area (Å²) in [4.78, 5) is 5.22. The number of aromatic nitrogens is 2. The molecule has 0 aliphatic rings. The highest BCUT2D eigenvalue weighted by molar-refractivity contribution is 9.11. The van der Waals surface area contributed by atoms with E-state index in [9.17, 15) is 0 Å². The quantitative estimate of drug-likeness (QED) is 0.810. The van der Waals surface area contributed by atoms with Crippen LogP contribution in [0.1, 0.15) is 0 Å². The van der Waals surface area contributed by atoms with Crippen LogP contribution in [-0.2, 0) is 0 Å². The molecule has 0 bridgehead atoms. The van der Waals surface area contributed by atoms with E-state index in [1.807, 2.05) is 12.1 Å². The van der Waals surface area contributed by atoms with Crippen LogP contribution < -0.4 is 0 Å². The Balaban J connectivity index is 2.43. The highest BCUT2D eigenvalue weighted by Gasteiger charge is 2.06. The third kappa shape index (κ3) is 1.71. The largest absolute Gasteiger partial charge is 0.208 e. The van der Waals surface area contributed by atoms with Gasteiger partial charge in [0.15, 0.2) is 10.2 Å². The number of halogens is 1. The van der Waals surface area contributed by atoms with Crippen molar-refractivity contribution in [3.63, 3.8) is 0 Å². The van der Waals surface area contributed by atoms with Crippen LogP contribution in [0.25, 0.3) is 10.7 Å². The molecule has 0 atom stereocenters. The Morgan fingerprint density at radius 3 is 2.75 bits per heavy atom. The summed E-state index contributed by atoms with van der Waals surface area (Å²) in [5, 5.41) is 0. The summed E-state index contributed by atoms with van der Waals surface area (Å²) in [6, 6.07) is 3.98. The van der Waals surface area contributed by atoms with E-state index in [-0.39, 0.29) is 0 Å². The van der Waals surface area contributed by atoms with Crippen LogP contribution in [-0.4, -0.2) is 9.36 Å². The molecule has 2 rings (SSSR count). The van der Waals surface area contributed by atoms with Crippen LogP contribution in [0, 0.1) is 0 Å². The molecule has 0 fully saturated rings. The van der Waals surface area contributed by atoms with Gasteiger partial charge in [-0.2, -0.15) is 4.37 Å². The van der Waals surface area contributed by atoms with E-state index in [1.165, 1.54) is 11.5 Å². The molecule has 0 aromatic carbocycles. The number of rotatable bonds is 1. The zero-order valence-corrected chi connectivity index (χ0v) is 9.80. The lowest BCUT2D eigenvalue weighted by molar-refractivity contribution is 1.24. The van der Waals surface area contributed by atoms with Crippen molar-refractivity contribution < 1.29 is 0 Å². The maximum absolute atomic E-state index is 4.16. The number of nitrogens with zero attached hydrogens (tertiary/aromatic N) is 2. The van der Waals surface area contributed by atoms with Crippen LogP contribution in [0.15, 0.2) is 20.3 Å². The van der Waals surface area contributed by atoms with Crippen molar-refractivity contribution in [2.45, 2.75) is 4.34 Å². The van der Waals surface area contributed by atoms with Gasteiger partial charge >= 0.3 is 0 Å². The molecular formula is C6H3BrN2S3. The van der Waals surface area contributed by atoms with Crippen LogP contribution in [0.2, 0.25) is 0 Å². The topological polar surface area (TPSA) is 25.8 Å². The first-order chi connectivity index (χ1) is 5.75. The molecule has 0 radical (unpaired) electrons. The van der Waals surface area contributed by atoms with E-state index in [0.29, 0.717) is 4.34 Å². The Hall–Kier alpha value is 0.0900. The average Bonchev–Trinajstić information content (AvgIpc) is 2.58. The normalized spacial score (nSPS) is 10.5. The monoisotopic (exact) mass is 278 g/mol. The van der Waals surface area contributed by atoms with Gasteiger partial charge in [0.25, 0.3) is 0 Å². The Morgan fingerprint density at radius 2 is 2.25 bits per heavy atom. The van der Waals surface area contributed by atoms with E-state index in [2.05, 4.69) is 37.9 Å². The molecular weight excluding hydrogens is 276 g/mol. The van der Waals surface area contributed by atoms with E-state index < -0.39 is 0 Å². The van der Waals surface area contributed by atoms with Gasteiger partial charge in [-0.1, -0.05) is 0 Å².